The van der Waals surface area contributed by atoms with Crippen LogP contribution in [-0.4, -0.2) is 11.6 Å². The maximum Gasteiger partial charge on any atom is 0.197 e. The van der Waals surface area contributed by atoms with Crippen LogP contribution in [0.5, 0.6) is 0 Å². The molecule has 1 aliphatic rings. The van der Waals surface area contributed by atoms with E-state index in [-0.39, 0.29) is 23.0 Å². The molecule has 0 saturated carbocycles. The molecule has 0 amide bonds. The highest BCUT2D eigenvalue weighted by Gasteiger charge is 2.38. The van der Waals surface area contributed by atoms with Crippen LogP contribution in [0.15, 0.2) is 42.5 Å². The van der Waals surface area contributed by atoms with Crippen LogP contribution >= 0.6 is 0 Å². The molecule has 4 rings (SSSR count). The first-order valence-corrected chi connectivity index (χ1v) is 10.4. The topological polar surface area (TPSA) is 46.2 Å². The summed E-state index contributed by atoms with van der Waals surface area (Å²) in [7, 11) is 0. The fourth-order valence-corrected chi connectivity index (χ4v) is 4.17. The zero-order valence-electron chi connectivity index (χ0n) is 18.1. The molecule has 0 spiro atoms. The van der Waals surface area contributed by atoms with E-state index >= 15 is 13.2 Å². The zero-order valence-corrected chi connectivity index (χ0v) is 18.1. The van der Waals surface area contributed by atoms with Crippen LogP contribution in [0.25, 0.3) is 0 Å². The summed E-state index contributed by atoms with van der Waals surface area (Å²) >= 11 is 0. The van der Waals surface area contributed by atoms with Crippen LogP contribution in [0, 0.1) is 17.5 Å². The average molecular weight is 437 g/mol. The van der Waals surface area contributed by atoms with Crippen LogP contribution < -0.4 is 5.32 Å². The number of carbonyl (C=O) groups excluding carboxylic acids is 2. The van der Waals surface area contributed by atoms with E-state index in [1.807, 2.05) is 45.9 Å². The monoisotopic (exact) mass is 437 g/mol. The number of halogens is 3. The fourth-order valence-electron chi connectivity index (χ4n) is 4.17. The maximum absolute atomic E-state index is 15.6. The molecule has 3 nitrogen and oxygen atoms in total. The van der Waals surface area contributed by atoms with Gasteiger partial charge in [-0.3, -0.25) is 9.59 Å². The van der Waals surface area contributed by atoms with Crippen molar-refractivity contribution in [1.82, 2.24) is 0 Å². The molecule has 0 aromatic heterocycles. The Morgan fingerprint density at radius 1 is 0.625 bits per heavy atom. The molecule has 1 N–H and O–H groups in total. The van der Waals surface area contributed by atoms with E-state index in [1.165, 1.54) is 24.3 Å². The summed E-state index contributed by atoms with van der Waals surface area (Å²) in [5.74, 6) is -6.09. The molecule has 1 aliphatic carbocycles. The molecule has 0 atom stereocenters. The maximum atomic E-state index is 15.6. The lowest BCUT2D eigenvalue weighted by molar-refractivity contribution is 0.0971. The Morgan fingerprint density at radius 2 is 1.09 bits per heavy atom. The normalized spacial score (nSPS) is 12.9. The van der Waals surface area contributed by atoms with Crippen molar-refractivity contribution in [2.75, 3.05) is 5.32 Å². The number of fused-ring (bicyclic) bond motifs is 2. The minimum atomic E-state index is -1.54. The molecule has 3 aromatic rings. The van der Waals surface area contributed by atoms with Gasteiger partial charge in [0.25, 0.3) is 0 Å². The SMILES string of the molecule is CC(C)c1cccc(C(C)C)c1Nc1c(F)c(F)c2c(c1F)C(=O)c1ccccc1C2=O. The van der Waals surface area contributed by atoms with E-state index in [1.54, 1.807) is 0 Å². The molecule has 0 radical (unpaired) electrons. The number of hydrogen-bond acceptors (Lipinski definition) is 3. The first kappa shape index (κ1) is 21.8. The second kappa shape index (κ2) is 7.93. The highest BCUT2D eigenvalue weighted by molar-refractivity contribution is 6.28. The number of hydrogen-bond donors (Lipinski definition) is 1. The standard InChI is InChI=1S/C26H22F3NO2/c1-12(2)14-10-7-11-15(13(3)4)23(14)30-24-21(28)19-18(20(27)22(24)29)25(31)16-8-5-6-9-17(16)26(19)32/h5-13,30H,1-4H3. The lowest BCUT2D eigenvalue weighted by Gasteiger charge is -2.24. The van der Waals surface area contributed by atoms with Gasteiger partial charge in [0.2, 0.25) is 0 Å². The molecule has 32 heavy (non-hydrogen) atoms. The molecule has 0 bridgehead atoms. The molecule has 6 heteroatoms. The van der Waals surface area contributed by atoms with Crippen molar-refractivity contribution >= 4 is 22.9 Å². The predicted molar refractivity (Wildman–Crippen MR) is 118 cm³/mol. The van der Waals surface area contributed by atoms with Crippen LogP contribution in [0.3, 0.4) is 0 Å². The van der Waals surface area contributed by atoms with Gasteiger partial charge in [0.1, 0.15) is 5.69 Å². The number of benzene rings is 3. The number of nitrogens with one attached hydrogen (secondary N) is 1. The third-order valence-electron chi connectivity index (χ3n) is 5.81. The van der Waals surface area contributed by atoms with Crippen molar-refractivity contribution in [1.29, 1.82) is 0 Å². The van der Waals surface area contributed by atoms with E-state index in [9.17, 15) is 9.59 Å². The van der Waals surface area contributed by atoms with Gasteiger partial charge < -0.3 is 5.32 Å². The first-order valence-electron chi connectivity index (χ1n) is 10.4. The largest absolute Gasteiger partial charge is 0.350 e. The summed E-state index contributed by atoms with van der Waals surface area (Å²) in [6.07, 6.45) is 0. The van der Waals surface area contributed by atoms with E-state index < -0.39 is 45.8 Å². The van der Waals surface area contributed by atoms with Crippen molar-refractivity contribution in [3.05, 3.63) is 93.3 Å². The Kier molecular flexibility index (Phi) is 5.41. The molecule has 3 aromatic carbocycles. The Morgan fingerprint density at radius 3 is 1.56 bits per heavy atom. The third kappa shape index (κ3) is 3.22. The number of para-hydroxylation sites is 1. The van der Waals surface area contributed by atoms with Gasteiger partial charge in [-0.25, -0.2) is 13.2 Å². The van der Waals surface area contributed by atoms with Crippen molar-refractivity contribution < 1.29 is 22.8 Å². The van der Waals surface area contributed by atoms with Crippen LogP contribution in [0.4, 0.5) is 24.5 Å². The van der Waals surface area contributed by atoms with Crippen molar-refractivity contribution in [3.63, 3.8) is 0 Å². The molecule has 0 aliphatic heterocycles. The summed E-state index contributed by atoms with van der Waals surface area (Å²) in [4.78, 5) is 25.8. The fraction of sp³-hybridized carbons (Fsp3) is 0.231. The number of anilines is 2. The Labute approximate surface area is 184 Å². The summed E-state index contributed by atoms with van der Waals surface area (Å²) < 4.78 is 45.9. The first-order chi connectivity index (χ1) is 15.1. The predicted octanol–water partition coefficient (Wildman–Crippen LogP) is 6.87. The van der Waals surface area contributed by atoms with Crippen LogP contribution in [0.1, 0.15) is 82.5 Å². The second-order valence-electron chi connectivity index (χ2n) is 8.52. The van der Waals surface area contributed by atoms with E-state index in [0.29, 0.717) is 5.69 Å². The Bertz CT molecular complexity index is 1250. The number of carbonyl (C=O) groups is 2. The smallest absolute Gasteiger partial charge is 0.197 e. The average Bonchev–Trinajstić information content (AvgIpc) is 2.77. The number of rotatable bonds is 4. The summed E-state index contributed by atoms with van der Waals surface area (Å²) in [6.45, 7) is 7.74. The van der Waals surface area contributed by atoms with Gasteiger partial charge in [-0.05, 0) is 23.0 Å². The lowest BCUT2D eigenvalue weighted by atomic mass is 9.83. The van der Waals surface area contributed by atoms with Gasteiger partial charge >= 0.3 is 0 Å². The molecular formula is C26H22F3NO2. The number of ketones is 2. The van der Waals surface area contributed by atoms with Crippen LogP contribution in [-0.2, 0) is 0 Å². The van der Waals surface area contributed by atoms with Gasteiger partial charge in [-0.15, -0.1) is 0 Å². The molecular weight excluding hydrogens is 415 g/mol. The van der Waals surface area contributed by atoms with Crippen molar-refractivity contribution in [3.8, 4) is 0 Å². The molecule has 0 saturated heterocycles. The molecule has 164 valence electrons. The lowest BCUT2D eigenvalue weighted by Crippen LogP contribution is -2.25. The van der Waals surface area contributed by atoms with Gasteiger partial charge in [0.05, 0.1) is 11.1 Å². The summed E-state index contributed by atoms with van der Waals surface area (Å²) in [5, 5.41) is 2.74. The quantitative estimate of drug-likeness (QED) is 0.354. The highest BCUT2D eigenvalue weighted by atomic mass is 19.2. The summed E-state index contributed by atoms with van der Waals surface area (Å²) in [6, 6.07) is 11.3. The van der Waals surface area contributed by atoms with Gasteiger partial charge in [-0.1, -0.05) is 70.2 Å². The van der Waals surface area contributed by atoms with Gasteiger partial charge in [-0.2, -0.15) is 0 Å². The molecule has 0 heterocycles. The zero-order chi connectivity index (χ0) is 23.3. The van der Waals surface area contributed by atoms with Crippen LogP contribution in [0.2, 0.25) is 0 Å². The minimum absolute atomic E-state index is 0.0138. The summed E-state index contributed by atoms with van der Waals surface area (Å²) in [5.41, 5.74) is -0.455. The van der Waals surface area contributed by atoms with Crippen molar-refractivity contribution in [2.45, 2.75) is 39.5 Å². The molecule has 0 unspecified atom stereocenters. The highest BCUT2D eigenvalue weighted by Crippen LogP contribution is 2.40. The van der Waals surface area contributed by atoms with E-state index in [4.69, 9.17) is 0 Å². The second-order valence-corrected chi connectivity index (χ2v) is 8.52. The Balaban J connectivity index is 1.96. The molecule has 0 fully saturated rings. The van der Waals surface area contributed by atoms with E-state index in [2.05, 4.69) is 5.32 Å². The van der Waals surface area contributed by atoms with Gasteiger partial charge in [0.15, 0.2) is 29.0 Å². The van der Waals surface area contributed by atoms with E-state index in [0.717, 1.165) is 11.1 Å². The van der Waals surface area contributed by atoms with Crippen molar-refractivity contribution in [2.24, 2.45) is 0 Å². The third-order valence-corrected chi connectivity index (χ3v) is 5.81. The van der Waals surface area contributed by atoms with Gasteiger partial charge in [0, 0.05) is 16.8 Å². The minimum Gasteiger partial charge on any atom is -0.350 e. The Hall–Kier alpha value is -3.41.